The quantitative estimate of drug-likeness (QED) is 0.631. The minimum atomic E-state index is -6.48. The number of hydrogen-bond donors (Lipinski definition) is 0. The number of hydrogen-bond acceptors (Lipinski definition) is 2. The minimum Gasteiger partial charge on any atom is -0.224 e. The van der Waals surface area contributed by atoms with Gasteiger partial charge in [0, 0.05) is 10.9 Å². The Hall–Kier alpha value is -0.840. The van der Waals surface area contributed by atoms with E-state index in [-0.39, 0.29) is 0 Å². The van der Waals surface area contributed by atoms with Crippen molar-refractivity contribution in [1.82, 2.24) is 0 Å². The number of benzene rings is 1. The van der Waals surface area contributed by atoms with Gasteiger partial charge in [-0.25, -0.2) is 8.42 Å². The molecule has 11 heteroatoms. The molecule has 0 amide bonds. The summed E-state index contributed by atoms with van der Waals surface area (Å²) in [7, 11) is -4.44. The molecule has 0 spiro atoms. The maximum Gasteiger partial charge on any atom is 0.459 e. The van der Waals surface area contributed by atoms with Crippen molar-refractivity contribution >= 4 is 25.8 Å². The molecule has 23 heavy (non-hydrogen) atoms. The Morgan fingerprint density at radius 1 is 1.04 bits per heavy atom. The highest BCUT2D eigenvalue weighted by Gasteiger charge is 2.72. The van der Waals surface area contributed by atoms with Crippen LogP contribution in [0.25, 0.3) is 0 Å². The number of rotatable bonds is 5. The highest BCUT2D eigenvalue weighted by atomic mass is 79.9. The van der Waals surface area contributed by atoms with E-state index in [2.05, 4.69) is 15.9 Å². The summed E-state index contributed by atoms with van der Waals surface area (Å²) in [6.07, 6.45) is -8.63. The third kappa shape index (κ3) is 4.17. The van der Waals surface area contributed by atoms with Gasteiger partial charge in [0.05, 0.1) is 10.6 Å². The van der Waals surface area contributed by atoms with Crippen LogP contribution in [0.2, 0.25) is 0 Å². The van der Waals surface area contributed by atoms with Crippen LogP contribution in [0.1, 0.15) is 12.0 Å². The van der Waals surface area contributed by atoms with Crippen LogP contribution in [0.5, 0.6) is 0 Å². The van der Waals surface area contributed by atoms with Crippen LogP contribution in [0.3, 0.4) is 0 Å². The average Bonchev–Trinajstić information content (AvgIpc) is 2.38. The number of sulfone groups is 1. The van der Waals surface area contributed by atoms with Gasteiger partial charge in [0.2, 0.25) is 0 Å². The second kappa shape index (κ2) is 6.23. The number of alkyl halides is 7. The summed E-state index contributed by atoms with van der Waals surface area (Å²) in [5.74, 6) is -13.4. The zero-order valence-corrected chi connectivity index (χ0v) is 13.8. The molecule has 0 aliphatic rings. The third-order valence-corrected chi connectivity index (χ3v) is 5.59. The van der Waals surface area contributed by atoms with Gasteiger partial charge >= 0.3 is 18.0 Å². The monoisotopic (exact) mass is 430 g/mol. The van der Waals surface area contributed by atoms with E-state index in [4.69, 9.17) is 0 Å². The maximum absolute atomic E-state index is 13.1. The summed E-state index contributed by atoms with van der Waals surface area (Å²) in [6, 6.07) is 3.43. The van der Waals surface area contributed by atoms with Crippen LogP contribution in [0, 0.1) is 6.92 Å². The van der Waals surface area contributed by atoms with E-state index in [0.717, 1.165) is 12.1 Å². The molecule has 2 nitrogen and oxygen atoms in total. The Kier molecular flexibility index (Phi) is 5.47. The second-order valence-electron chi connectivity index (χ2n) is 4.76. The first-order valence-corrected chi connectivity index (χ1v) is 8.37. The van der Waals surface area contributed by atoms with Crippen molar-refractivity contribution in [3.8, 4) is 0 Å². The number of aryl methyl sites for hydroxylation is 1. The van der Waals surface area contributed by atoms with E-state index in [1.807, 2.05) is 0 Å². The second-order valence-corrected chi connectivity index (χ2v) is 7.72. The molecular weight excluding hydrogens is 421 g/mol. The van der Waals surface area contributed by atoms with E-state index < -0.39 is 44.9 Å². The molecule has 132 valence electrons. The van der Waals surface area contributed by atoms with Gasteiger partial charge in [-0.2, -0.15) is 30.7 Å². The van der Waals surface area contributed by atoms with E-state index in [1.54, 1.807) is 0 Å². The normalized spacial score (nSPS) is 14.1. The first-order chi connectivity index (χ1) is 10.1. The Morgan fingerprint density at radius 3 is 2.00 bits per heavy atom. The van der Waals surface area contributed by atoms with Crippen LogP contribution >= 0.6 is 15.9 Å². The fraction of sp³-hybridized carbons (Fsp3) is 0.500. The summed E-state index contributed by atoms with van der Waals surface area (Å²) in [6.45, 7) is 1.50. The van der Waals surface area contributed by atoms with Crippen LogP contribution in [0.15, 0.2) is 27.6 Å². The fourth-order valence-corrected chi connectivity index (χ4v) is 3.19. The fourth-order valence-electron chi connectivity index (χ4n) is 1.56. The van der Waals surface area contributed by atoms with Gasteiger partial charge in [-0.1, -0.05) is 15.9 Å². The molecule has 1 aromatic rings. The number of halogens is 8. The van der Waals surface area contributed by atoms with Crippen LogP contribution in [0.4, 0.5) is 30.7 Å². The van der Waals surface area contributed by atoms with Gasteiger partial charge in [-0.3, -0.25) is 0 Å². The first kappa shape index (κ1) is 20.2. The van der Waals surface area contributed by atoms with Gasteiger partial charge in [-0.15, -0.1) is 0 Å². The molecule has 0 aliphatic heterocycles. The largest absolute Gasteiger partial charge is 0.459 e. The molecule has 0 fully saturated rings. The van der Waals surface area contributed by atoms with Crippen LogP contribution in [-0.4, -0.2) is 32.2 Å². The predicted octanol–water partition coefficient (Wildman–Crippen LogP) is 4.75. The molecule has 1 aromatic carbocycles. The molecule has 0 radical (unpaired) electrons. The lowest BCUT2D eigenvalue weighted by Gasteiger charge is -2.28. The molecule has 0 aromatic heterocycles. The molecule has 0 unspecified atom stereocenters. The van der Waals surface area contributed by atoms with E-state index in [0.29, 0.717) is 10.0 Å². The minimum absolute atomic E-state index is 0.429. The topological polar surface area (TPSA) is 34.1 Å². The SMILES string of the molecule is Cc1cc(S(=O)(=O)CCC(F)(F)C(F)(F)C(F)(F)F)ccc1Br. The van der Waals surface area contributed by atoms with Crippen LogP contribution < -0.4 is 0 Å². The zero-order chi connectivity index (χ0) is 18.3. The van der Waals surface area contributed by atoms with E-state index in [9.17, 15) is 39.2 Å². The molecule has 0 atom stereocenters. The van der Waals surface area contributed by atoms with Crippen molar-refractivity contribution in [2.24, 2.45) is 0 Å². The molecule has 0 heterocycles. The van der Waals surface area contributed by atoms with Crippen molar-refractivity contribution in [3.05, 3.63) is 28.2 Å². The van der Waals surface area contributed by atoms with E-state index >= 15 is 0 Å². The third-order valence-electron chi connectivity index (χ3n) is 2.99. The lowest BCUT2D eigenvalue weighted by atomic mass is 10.1. The first-order valence-electron chi connectivity index (χ1n) is 5.93. The van der Waals surface area contributed by atoms with Gasteiger partial charge < -0.3 is 0 Å². The molecule has 1 rings (SSSR count). The lowest BCUT2D eigenvalue weighted by molar-refractivity contribution is -0.354. The summed E-state index contributed by atoms with van der Waals surface area (Å²) < 4.78 is 112. The summed E-state index contributed by atoms with van der Waals surface area (Å²) in [5.41, 5.74) is 0.429. The average molecular weight is 431 g/mol. The highest BCUT2D eigenvalue weighted by Crippen LogP contribution is 2.48. The van der Waals surface area contributed by atoms with Gasteiger partial charge in [0.25, 0.3) is 0 Å². The van der Waals surface area contributed by atoms with Crippen molar-refractivity contribution in [1.29, 1.82) is 0 Å². The van der Waals surface area contributed by atoms with Crippen molar-refractivity contribution in [2.45, 2.75) is 36.3 Å². The molecule has 0 bridgehead atoms. The zero-order valence-electron chi connectivity index (χ0n) is 11.4. The smallest absolute Gasteiger partial charge is 0.224 e. The van der Waals surface area contributed by atoms with Gasteiger partial charge in [-0.05, 0) is 30.7 Å². The Balaban J connectivity index is 3.01. The maximum atomic E-state index is 13.1. The van der Waals surface area contributed by atoms with E-state index in [1.165, 1.54) is 13.0 Å². The Morgan fingerprint density at radius 2 is 1.57 bits per heavy atom. The summed E-state index contributed by atoms with van der Waals surface area (Å²) >= 11 is 3.08. The van der Waals surface area contributed by atoms with Crippen LogP contribution in [-0.2, 0) is 9.84 Å². The molecule has 0 N–H and O–H groups in total. The molecule has 0 saturated heterocycles. The van der Waals surface area contributed by atoms with Gasteiger partial charge in [0.1, 0.15) is 0 Å². The van der Waals surface area contributed by atoms with Gasteiger partial charge in [0.15, 0.2) is 9.84 Å². The van der Waals surface area contributed by atoms with Crippen molar-refractivity contribution < 1.29 is 39.2 Å². The molecular formula is C12H10BrF7O2S. The molecule has 0 aliphatic carbocycles. The Labute approximate surface area is 135 Å². The lowest BCUT2D eigenvalue weighted by Crippen LogP contribution is -2.52. The Bertz CT molecular complexity index is 683. The summed E-state index contributed by atoms with van der Waals surface area (Å²) in [4.78, 5) is -0.440. The molecule has 0 saturated carbocycles. The summed E-state index contributed by atoms with van der Waals surface area (Å²) in [5, 5.41) is 0. The predicted molar refractivity (Wildman–Crippen MR) is 71.5 cm³/mol. The highest BCUT2D eigenvalue weighted by molar-refractivity contribution is 9.10. The van der Waals surface area contributed by atoms with Crippen molar-refractivity contribution in [2.75, 3.05) is 5.75 Å². The van der Waals surface area contributed by atoms with Crippen molar-refractivity contribution in [3.63, 3.8) is 0 Å². The standard InChI is InChI=1S/C12H10BrF7O2S/c1-7-6-8(2-3-9(7)13)23(21,22)5-4-10(14,15)11(16,17)12(18,19)20/h2-3,6H,4-5H2,1H3.